The SMILES string of the molecule is O=C(O)C(F)(F)F.O=C(O)C(F)(F)F.O=C1CC(c2ccncc2)C2(CCN(CC3CC3)CC2)N1. The highest BCUT2D eigenvalue weighted by Gasteiger charge is 2.48. The van der Waals surface area contributed by atoms with Crippen molar-refractivity contribution in [1.82, 2.24) is 15.2 Å². The molecule has 0 radical (unpaired) electrons. The summed E-state index contributed by atoms with van der Waals surface area (Å²) in [4.78, 5) is 36.5. The number of hydrogen-bond acceptors (Lipinski definition) is 5. The molecule has 2 aliphatic heterocycles. The average molecular weight is 513 g/mol. The normalized spacial score (nSPS) is 21.8. The number of halogens is 6. The molecule has 2 saturated heterocycles. The van der Waals surface area contributed by atoms with Crippen molar-refractivity contribution >= 4 is 17.8 Å². The molecule has 1 amide bonds. The van der Waals surface area contributed by atoms with E-state index in [1.54, 1.807) is 0 Å². The highest BCUT2D eigenvalue weighted by Crippen LogP contribution is 2.43. The van der Waals surface area contributed by atoms with Gasteiger partial charge >= 0.3 is 24.3 Å². The molecule has 3 aliphatic rings. The molecule has 1 spiro atoms. The first-order chi connectivity index (χ1) is 16.1. The molecule has 196 valence electrons. The first-order valence-electron chi connectivity index (χ1n) is 10.7. The summed E-state index contributed by atoms with van der Waals surface area (Å²) in [6.07, 6.45) is -0.859. The molecule has 1 aromatic heterocycles. The number of alkyl halides is 6. The third kappa shape index (κ3) is 8.67. The van der Waals surface area contributed by atoms with Gasteiger partial charge in [-0.05, 0) is 49.3 Å². The lowest BCUT2D eigenvalue weighted by Gasteiger charge is -2.43. The van der Waals surface area contributed by atoms with Crippen LogP contribution in [-0.4, -0.2) is 75.5 Å². The van der Waals surface area contributed by atoms with E-state index in [4.69, 9.17) is 19.8 Å². The van der Waals surface area contributed by atoms with E-state index in [1.165, 1.54) is 24.9 Å². The zero-order chi connectivity index (χ0) is 26.4. The predicted octanol–water partition coefficient (Wildman–Crippen LogP) is 3.20. The smallest absolute Gasteiger partial charge is 0.475 e. The summed E-state index contributed by atoms with van der Waals surface area (Å²) in [5.41, 5.74) is 1.25. The summed E-state index contributed by atoms with van der Waals surface area (Å²) < 4.78 is 63.5. The van der Waals surface area contributed by atoms with E-state index in [-0.39, 0.29) is 11.4 Å². The number of nitrogens with zero attached hydrogens (tertiary/aromatic N) is 2. The number of aromatic nitrogens is 1. The van der Waals surface area contributed by atoms with Crippen LogP contribution in [0, 0.1) is 5.92 Å². The third-order valence-corrected chi connectivity index (χ3v) is 6.00. The number of amides is 1. The van der Waals surface area contributed by atoms with E-state index in [1.807, 2.05) is 12.4 Å². The lowest BCUT2D eigenvalue weighted by atomic mass is 9.74. The highest BCUT2D eigenvalue weighted by molar-refractivity contribution is 5.81. The molecule has 3 heterocycles. The maximum atomic E-state index is 12.0. The van der Waals surface area contributed by atoms with Crippen LogP contribution in [0.4, 0.5) is 26.3 Å². The van der Waals surface area contributed by atoms with Crippen LogP contribution in [0.25, 0.3) is 0 Å². The Morgan fingerprint density at radius 1 is 1.00 bits per heavy atom. The summed E-state index contributed by atoms with van der Waals surface area (Å²) >= 11 is 0. The summed E-state index contributed by atoms with van der Waals surface area (Å²) in [6.45, 7) is 3.51. The van der Waals surface area contributed by atoms with Gasteiger partial charge < -0.3 is 20.4 Å². The van der Waals surface area contributed by atoms with Gasteiger partial charge in [0.15, 0.2) is 0 Å². The maximum absolute atomic E-state index is 12.0. The van der Waals surface area contributed by atoms with Gasteiger partial charge in [0.05, 0.1) is 0 Å². The first-order valence-corrected chi connectivity index (χ1v) is 10.7. The van der Waals surface area contributed by atoms with Gasteiger partial charge in [0.2, 0.25) is 5.91 Å². The minimum atomic E-state index is -5.08. The van der Waals surface area contributed by atoms with Gasteiger partial charge in [0, 0.05) is 49.9 Å². The van der Waals surface area contributed by atoms with Gasteiger partial charge in [-0.3, -0.25) is 9.78 Å². The number of carbonyl (C=O) groups is 3. The Kier molecular flexibility index (Phi) is 9.09. The number of aliphatic carboxylic acids is 2. The summed E-state index contributed by atoms with van der Waals surface area (Å²) in [6, 6.07) is 4.15. The van der Waals surface area contributed by atoms with Gasteiger partial charge in [-0.25, -0.2) is 9.59 Å². The number of pyridine rings is 1. The highest BCUT2D eigenvalue weighted by atomic mass is 19.4. The van der Waals surface area contributed by atoms with Crippen LogP contribution in [0.1, 0.15) is 43.6 Å². The number of likely N-dealkylation sites (tertiary alicyclic amines) is 1. The van der Waals surface area contributed by atoms with Crippen LogP contribution in [-0.2, 0) is 14.4 Å². The monoisotopic (exact) mass is 513 g/mol. The minimum Gasteiger partial charge on any atom is -0.475 e. The Balaban J connectivity index is 0.000000257. The van der Waals surface area contributed by atoms with Crippen molar-refractivity contribution in [3.8, 4) is 0 Å². The van der Waals surface area contributed by atoms with Crippen LogP contribution in [0.15, 0.2) is 24.5 Å². The Labute approximate surface area is 196 Å². The fourth-order valence-corrected chi connectivity index (χ4v) is 4.10. The van der Waals surface area contributed by atoms with E-state index < -0.39 is 24.3 Å². The molecule has 8 nitrogen and oxygen atoms in total. The standard InChI is InChI=1S/C17H23N3O.2C2HF3O2/c21-16-11-15(14-3-7-18-8-4-14)17(19-16)5-9-20(10-6-17)12-13-1-2-13;2*3-2(4,5)1(6)7/h3-4,7-8,13,15H,1-2,5-6,9-12H2,(H,19,21);2*(H,6,7). The lowest BCUT2D eigenvalue weighted by molar-refractivity contribution is -0.193. The Bertz CT molecular complexity index is 858. The van der Waals surface area contributed by atoms with E-state index in [0.29, 0.717) is 12.3 Å². The number of rotatable bonds is 3. The molecule has 3 fully saturated rings. The number of carbonyl (C=O) groups excluding carboxylic acids is 1. The largest absolute Gasteiger partial charge is 0.490 e. The number of nitrogens with one attached hydrogen (secondary N) is 1. The zero-order valence-corrected chi connectivity index (χ0v) is 18.4. The van der Waals surface area contributed by atoms with Crippen molar-refractivity contribution in [3.63, 3.8) is 0 Å². The second-order valence-corrected chi connectivity index (χ2v) is 8.59. The van der Waals surface area contributed by atoms with Crippen LogP contribution in [0.3, 0.4) is 0 Å². The summed E-state index contributed by atoms with van der Waals surface area (Å²) in [5, 5.41) is 17.6. The van der Waals surface area contributed by atoms with Crippen LogP contribution in [0.2, 0.25) is 0 Å². The van der Waals surface area contributed by atoms with Crippen molar-refractivity contribution in [2.75, 3.05) is 19.6 Å². The second kappa shape index (κ2) is 11.2. The van der Waals surface area contributed by atoms with Crippen LogP contribution < -0.4 is 5.32 Å². The van der Waals surface area contributed by atoms with Crippen molar-refractivity contribution < 1.29 is 50.9 Å². The molecule has 0 bridgehead atoms. The number of carboxylic acids is 2. The molecule has 4 rings (SSSR count). The van der Waals surface area contributed by atoms with Gasteiger partial charge in [0.25, 0.3) is 0 Å². The fraction of sp³-hybridized carbons (Fsp3) is 0.619. The van der Waals surface area contributed by atoms with Crippen LogP contribution >= 0.6 is 0 Å². The van der Waals surface area contributed by atoms with E-state index in [9.17, 15) is 31.1 Å². The van der Waals surface area contributed by atoms with Gasteiger partial charge in [-0.1, -0.05) is 0 Å². The second-order valence-electron chi connectivity index (χ2n) is 8.59. The molecule has 1 aliphatic carbocycles. The first kappa shape index (κ1) is 28.3. The average Bonchev–Trinajstić information content (AvgIpc) is 3.52. The molecule has 3 N–H and O–H groups in total. The molecule has 0 aromatic carbocycles. The van der Waals surface area contributed by atoms with Crippen molar-refractivity contribution in [3.05, 3.63) is 30.1 Å². The van der Waals surface area contributed by atoms with Crippen molar-refractivity contribution in [2.45, 2.75) is 55.9 Å². The molecule has 1 saturated carbocycles. The quantitative estimate of drug-likeness (QED) is 0.531. The Morgan fingerprint density at radius 2 is 1.46 bits per heavy atom. The zero-order valence-electron chi connectivity index (χ0n) is 18.4. The van der Waals surface area contributed by atoms with Crippen LogP contribution in [0.5, 0.6) is 0 Å². The number of piperidine rings is 1. The van der Waals surface area contributed by atoms with E-state index >= 15 is 0 Å². The molecular formula is C21H25F6N3O5. The minimum absolute atomic E-state index is 0.0154. The van der Waals surface area contributed by atoms with Gasteiger partial charge in [-0.15, -0.1) is 0 Å². The van der Waals surface area contributed by atoms with Gasteiger partial charge in [0.1, 0.15) is 0 Å². The van der Waals surface area contributed by atoms with Crippen molar-refractivity contribution in [1.29, 1.82) is 0 Å². The van der Waals surface area contributed by atoms with E-state index in [2.05, 4.69) is 27.3 Å². The third-order valence-electron chi connectivity index (χ3n) is 6.00. The molecule has 1 aromatic rings. The Morgan fingerprint density at radius 3 is 1.86 bits per heavy atom. The van der Waals surface area contributed by atoms with Gasteiger partial charge in [-0.2, -0.15) is 26.3 Å². The maximum Gasteiger partial charge on any atom is 0.490 e. The van der Waals surface area contributed by atoms with E-state index in [0.717, 1.165) is 31.8 Å². The molecule has 35 heavy (non-hydrogen) atoms. The molecule has 14 heteroatoms. The van der Waals surface area contributed by atoms with Crippen molar-refractivity contribution in [2.24, 2.45) is 5.92 Å². The lowest BCUT2D eigenvalue weighted by Crippen LogP contribution is -2.53. The molecule has 1 atom stereocenters. The summed E-state index contributed by atoms with van der Waals surface area (Å²) in [5.74, 6) is -4.03. The number of hydrogen-bond donors (Lipinski definition) is 3. The number of carboxylic acid groups (broad SMARTS) is 2. The Hall–Kier alpha value is -2.90. The molecular weight excluding hydrogens is 488 g/mol. The topological polar surface area (TPSA) is 120 Å². The predicted molar refractivity (Wildman–Crippen MR) is 108 cm³/mol. The summed E-state index contributed by atoms with van der Waals surface area (Å²) in [7, 11) is 0. The fourth-order valence-electron chi connectivity index (χ4n) is 4.10. The molecule has 1 unspecified atom stereocenters.